The van der Waals surface area contributed by atoms with Gasteiger partial charge in [-0.25, -0.2) is 4.98 Å². The lowest BCUT2D eigenvalue weighted by atomic mass is 9.99. The molecule has 0 aliphatic heterocycles. The highest BCUT2D eigenvalue weighted by Crippen LogP contribution is 2.40. The van der Waals surface area contributed by atoms with Crippen LogP contribution in [0.4, 0.5) is 0 Å². The van der Waals surface area contributed by atoms with Gasteiger partial charge in [-0.2, -0.15) is 9.97 Å². The molecule has 6 nitrogen and oxygen atoms in total. The molecule has 0 aliphatic rings. The Bertz CT molecular complexity index is 3470. The third-order valence-corrected chi connectivity index (χ3v) is 11.2. The van der Waals surface area contributed by atoms with Gasteiger partial charge < -0.3 is 8.98 Å². The fourth-order valence-electron chi connectivity index (χ4n) is 8.65. The fraction of sp³-hybridized carbons (Fsp3) is 0. The van der Waals surface area contributed by atoms with Crippen molar-refractivity contribution >= 4 is 65.6 Å². The lowest BCUT2D eigenvalue weighted by Gasteiger charge is -2.11. The molecule has 0 N–H and O–H groups in total. The van der Waals surface area contributed by atoms with E-state index in [0.29, 0.717) is 17.6 Å². The number of furan rings is 1. The normalized spacial score (nSPS) is 11.9. The zero-order chi connectivity index (χ0) is 37.5. The van der Waals surface area contributed by atoms with Gasteiger partial charge in [0, 0.05) is 55.2 Å². The van der Waals surface area contributed by atoms with Crippen LogP contribution in [-0.2, 0) is 0 Å². The van der Waals surface area contributed by atoms with E-state index < -0.39 is 0 Å². The van der Waals surface area contributed by atoms with Gasteiger partial charge in [-0.1, -0.05) is 127 Å². The Balaban J connectivity index is 1.03. The van der Waals surface area contributed by atoms with Crippen LogP contribution in [0.1, 0.15) is 0 Å². The zero-order valence-corrected chi connectivity index (χ0v) is 30.5. The molecule has 0 fully saturated rings. The van der Waals surface area contributed by atoms with E-state index in [-0.39, 0.29) is 0 Å². The van der Waals surface area contributed by atoms with Crippen molar-refractivity contribution < 1.29 is 4.42 Å². The lowest BCUT2D eigenvalue weighted by molar-refractivity contribution is 0.668. The van der Waals surface area contributed by atoms with E-state index >= 15 is 0 Å². The van der Waals surface area contributed by atoms with Gasteiger partial charge in [0.15, 0.2) is 11.6 Å². The standard InChI is InChI=1S/C51H31N5O/c1-3-14-32(15-4-1)36-21-13-25-45-48(36)40-20-9-12-24-44(40)55(45)35-27-28-39-41-30-34(26-29-46(41)57-47(39)31-35)50-52-49(33-16-5-2-6-17-33)53-51(54-50)56-42-22-10-7-18-37(42)38-19-8-11-23-43(38)56/h1-31H. The minimum atomic E-state index is 0.569. The Kier molecular flexibility index (Phi) is 6.83. The largest absolute Gasteiger partial charge is 0.456 e. The molecule has 0 atom stereocenters. The Hall–Kier alpha value is -7.83. The third-order valence-electron chi connectivity index (χ3n) is 11.2. The van der Waals surface area contributed by atoms with Crippen LogP contribution in [0.3, 0.4) is 0 Å². The first-order valence-corrected chi connectivity index (χ1v) is 19.1. The Morgan fingerprint density at radius 3 is 1.67 bits per heavy atom. The molecule has 57 heavy (non-hydrogen) atoms. The van der Waals surface area contributed by atoms with Crippen LogP contribution in [0.5, 0.6) is 0 Å². The molecule has 0 saturated carbocycles. The number of hydrogen-bond acceptors (Lipinski definition) is 4. The molecular weight excluding hydrogens is 699 g/mol. The first kappa shape index (κ1) is 31.5. The molecule has 0 saturated heterocycles. The van der Waals surface area contributed by atoms with Gasteiger partial charge in [-0.3, -0.25) is 4.57 Å². The molecule has 12 aromatic rings. The average molecular weight is 730 g/mol. The first-order chi connectivity index (χ1) is 28.3. The molecular formula is C51H31N5O. The van der Waals surface area contributed by atoms with E-state index in [4.69, 9.17) is 19.4 Å². The summed E-state index contributed by atoms with van der Waals surface area (Å²) >= 11 is 0. The van der Waals surface area contributed by atoms with Crippen LogP contribution < -0.4 is 0 Å². The van der Waals surface area contributed by atoms with Crippen molar-refractivity contribution in [2.24, 2.45) is 0 Å². The van der Waals surface area contributed by atoms with Gasteiger partial charge in [0.25, 0.3) is 0 Å². The molecule has 0 bridgehead atoms. The molecule has 266 valence electrons. The molecule has 0 amide bonds. The maximum absolute atomic E-state index is 6.60. The van der Waals surface area contributed by atoms with Crippen molar-refractivity contribution in [2.75, 3.05) is 0 Å². The van der Waals surface area contributed by atoms with Crippen LogP contribution in [0.25, 0.3) is 111 Å². The molecule has 0 spiro atoms. The molecule has 4 heterocycles. The molecule has 12 rings (SSSR count). The van der Waals surface area contributed by atoms with Gasteiger partial charge in [0.2, 0.25) is 5.95 Å². The lowest BCUT2D eigenvalue weighted by Crippen LogP contribution is -2.06. The van der Waals surface area contributed by atoms with Crippen LogP contribution >= 0.6 is 0 Å². The molecule has 4 aromatic heterocycles. The van der Waals surface area contributed by atoms with E-state index in [1.807, 2.05) is 42.5 Å². The summed E-state index contributed by atoms with van der Waals surface area (Å²) in [6, 6.07) is 65.5. The Labute approximate surface area is 326 Å². The van der Waals surface area contributed by atoms with Gasteiger partial charge in [0.05, 0.1) is 22.1 Å². The summed E-state index contributed by atoms with van der Waals surface area (Å²) in [4.78, 5) is 15.4. The summed E-state index contributed by atoms with van der Waals surface area (Å²) in [5.41, 5.74) is 11.3. The van der Waals surface area contributed by atoms with E-state index in [2.05, 4.69) is 155 Å². The molecule has 8 aromatic carbocycles. The quantitative estimate of drug-likeness (QED) is 0.177. The minimum Gasteiger partial charge on any atom is -0.456 e. The third kappa shape index (κ3) is 4.87. The average Bonchev–Trinajstić information content (AvgIpc) is 3.94. The maximum Gasteiger partial charge on any atom is 0.238 e. The predicted molar refractivity (Wildman–Crippen MR) is 232 cm³/mol. The van der Waals surface area contributed by atoms with Gasteiger partial charge >= 0.3 is 0 Å². The van der Waals surface area contributed by atoms with Crippen molar-refractivity contribution in [2.45, 2.75) is 0 Å². The summed E-state index contributed by atoms with van der Waals surface area (Å²) in [6.45, 7) is 0. The Morgan fingerprint density at radius 2 is 0.947 bits per heavy atom. The molecule has 0 aliphatic carbocycles. The molecule has 0 radical (unpaired) electrons. The predicted octanol–water partition coefficient (Wildman–Crippen LogP) is 13.0. The number of benzene rings is 8. The number of fused-ring (bicyclic) bond motifs is 9. The van der Waals surface area contributed by atoms with Crippen molar-refractivity contribution in [3.05, 3.63) is 188 Å². The van der Waals surface area contributed by atoms with E-state index in [1.165, 1.54) is 21.9 Å². The summed E-state index contributed by atoms with van der Waals surface area (Å²) in [6.07, 6.45) is 0. The van der Waals surface area contributed by atoms with Crippen LogP contribution in [0.2, 0.25) is 0 Å². The van der Waals surface area contributed by atoms with Crippen LogP contribution in [0, 0.1) is 0 Å². The number of aromatic nitrogens is 5. The van der Waals surface area contributed by atoms with Gasteiger partial charge in [-0.15, -0.1) is 0 Å². The smallest absolute Gasteiger partial charge is 0.238 e. The Morgan fingerprint density at radius 1 is 0.351 bits per heavy atom. The molecule has 6 heteroatoms. The highest BCUT2D eigenvalue weighted by Gasteiger charge is 2.20. The number of para-hydroxylation sites is 3. The summed E-state index contributed by atoms with van der Waals surface area (Å²) < 4.78 is 11.1. The summed E-state index contributed by atoms with van der Waals surface area (Å²) in [5.74, 6) is 1.77. The van der Waals surface area contributed by atoms with Crippen molar-refractivity contribution in [3.8, 4) is 45.5 Å². The second-order valence-corrected chi connectivity index (χ2v) is 14.4. The number of rotatable bonds is 5. The monoisotopic (exact) mass is 729 g/mol. The number of nitrogens with zero attached hydrogens (tertiary/aromatic N) is 5. The topological polar surface area (TPSA) is 61.7 Å². The van der Waals surface area contributed by atoms with Crippen molar-refractivity contribution in [1.82, 2.24) is 24.1 Å². The van der Waals surface area contributed by atoms with E-state index in [0.717, 1.165) is 71.6 Å². The molecule has 0 unspecified atom stereocenters. The van der Waals surface area contributed by atoms with E-state index in [9.17, 15) is 0 Å². The first-order valence-electron chi connectivity index (χ1n) is 19.1. The second-order valence-electron chi connectivity index (χ2n) is 14.4. The van der Waals surface area contributed by atoms with Gasteiger partial charge in [-0.05, 0) is 65.7 Å². The van der Waals surface area contributed by atoms with Crippen molar-refractivity contribution in [3.63, 3.8) is 0 Å². The van der Waals surface area contributed by atoms with Gasteiger partial charge in [0.1, 0.15) is 11.2 Å². The van der Waals surface area contributed by atoms with Crippen LogP contribution in [0.15, 0.2) is 192 Å². The fourth-order valence-corrected chi connectivity index (χ4v) is 8.65. The van der Waals surface area contributed by atoms with E-state index in [1.54, 1.807) is 0 Å². The zero-order valence-electron chi connectivity index (χ0n) is 30.5. The highest BCUT2D eigenvalue weighted by molar-refractivity contribution is 6.16. The SMILES string of the molecule is c1ccc(-c2nc(-c3ccc4oc5cc(-n6c7ccccc7c7c(-c8ccccc8)cccc76)ccc5c4c3)nc(-n3c4ccccc4c4ccccc43)n2)cc1. The van der Waals surface area contributed by atoms with Crippen molar-refractivity contribution in [1.29, 1.82) is 0 Å². The highest BCUT2D eigenvalue weighted by atomic mass is 16.3. The van der Waals surface area contributed by atoms with Crippen LogP contribution in [-0.4, -0.2) is 24.1 Å². The summed E-state index contributed by atoms with van der Waals surface area (Å²) in [7, 11) is 0. The maximum atomic E-state index is 6.60. The minimum absolute atomic E-state index is 0.569. The summed E-state index contributed by atoms with van der Waals surface area (Å²) in [5, 5.41) is 6.79. The number of hydrogen-bond donors (Lipinski definition) is 0. The second kappa shape index (κ2) is 12.3.